The van der Waals surface area contributed by atoms with Gasteiger partial charge in [0, 0.05) is 56.5 Å². The molecule has 182 valence electrons. The SMILES string of the molecule is CC1(C)C2CN(c3cc4sc5cc(N6CC7C(C6)C7(C)C)ccc5nc-4c(=[N+]4CCCC4)c3)CC21. The van der Waals surface area contributed by atoms with Crippen molar-refractivity contribution in [1.82, 2.24) is 9.56 Å². The second-order valence-corrected chi connectivity index (χ2v) is 14.3. The Kier molecular flexibility index (Phi) is 4.07. The van der Waals surface area contributed by atoms with Gasteiger partial charge < -0.3 is 9.80 Å². The van der Waals surface area contributed by atoms with Crippen LogP contribution in [0.3, 0.4) is 0 Å². The number of nitrogens with zero attached hydrogens (tertiary/aromatic N) is 4. The van der Waals surface area contributed by atoms with Crippen LogP contribution in [0.2, 0.25) is 0 Å². The van der Waals surface area contributed by atoms with Crippen LogP contribution in [0.25, 0.3) is 20.8 Å². The number of piperidine rings is 2. The van der Waals surface area contributed by atoms with E-state index in [4.69, 9.17) is 4.98 Å². The van der Waals surface area contributed by atoms with E-state index in [0.717, 1.165) is 42.3 Å². The Morgan fingerprint density at radius 1 is 0.800 bits per heavy atom. The first-order chi connectivity index (χ1) is 16.8. The van der Waals surface area contributed by atoms with Crippen molar-refractivity contribution in [3.8, 4) is 10.6 Å². The van der Waals surface area contributed by atoms with Crippen LogP contribution in [-0.4, -0.2) is 44.3 Å². The van der Waals surface area contributed by atoms with Gasteiger partial charge in [0.15, 0.2) is 5.69 Å². The zero-order valence-corrected chi connectivity index (χ0v) is 22.4. The van der Waals surface area contributed by atoms with Gasteiger partial charge in [-0.2, -0.15) is 0 Å². The van der Waals surface area contributed by atoms with Crippen molar-refractivity contribution in [1.29, 1.82) is 0 Å². The van der Waals surface area contributed by atoms with Gasteiger partial charge in [0.2, 0.25) is 5.36 Å². The van der Waals surface area contributed by atoms with Crippen LogP contribution in [0.5, 0.6) is 0 Å². The molecule has 4 unspecified atom stereocenters. The van der Waals surface area contributed by atoms with E-state index < -0.39 is 0 Å². The smallest absolute Gasteiger partial charge is 0.229 e. The van der Waals surface area contributed by atoms with Crippen LogP contribution < -0.4 is 19.7 Å². The number of hydrogen-bond acceptors (Lipinski definition) is 4. The van der Waals surface area contributed by atoms with Crippen molar-refractivity contribution in [2.45, 2.75) is 40.5 Å². The lowest BCUT2D eigenvalue weighted by atomic mass is 10.1. The van der Waals surface area contributed by atoms with Gasteiger partial charge in [0.05, 0.1) is 15.1 Å². The second kappa shape index (κ2) is 6.79. The summed E-state index contributed by atoms with van der Waals surface area (Å²) in [6, 6.07) is 11.9. The number of benzene rings is 2. The predicted octanol–water partition coefficient (Wildman–Crippen LogP) is 5.15. The van der Waals surface area contributed by atoms with E-state index in [9.17, 15) is 0 Å². The molecule has 8 rings (SSSR count). The second-order valence-electron chi connectivity index (χ2n) is 13.3. The normalized spacial score (nSPS) is 31.9. The summed E-state index contributed by atoms with van der Waals surface area (Å²) < 4.78 is 3.91. The van der Waals surface area contributed by atoms with Gasteiger partial charge in [-0.25, -0.2) is 9.56 Å². The highest BCUT2D eigenvalue weighted by molar-refractivity contribution is 7.21. The molecule has 1 aromatic carbocycles. The van der Waals surface area contributed by atoms with Crippen LogP contribution in [-0.2, 0) is 0 Å². The third-order valence-corrected chi connectivity index (χ3v) is 11.9. The van der Waals surface area contributed by atoms with Crippen LogP contribution in [0, 0.1) is 34.5 Å². The van der Waals surface area contributed by atoms with Crippen molar-refractivity contribution < 1.29 is 0 Å². The Balaban J connectivity index is 1.22. The number of hydrogen-bond donors (Lipinski definition) is 0. The number of aromatic nitrogens is 1. The Hall–Kier alpha value is -2.14. The molecule has 3 saturated heterocycles. The highest BCUT2D eigenvalue weighted by Gasteiger charge is 2.62. The first kappa shape index (κ1) is 21.0. The summed E-state index contributed by atoms with van der Waals surface area (Å²) in [5, 5.41) is 1.36. The Morgan fingerprint density at radius 2 is 1.40 bits per heavy atom. The quantitative estimate of drug-likeness (QED) is 0.370. The highest BCUT2D eigenvalue weighted by atomic mass is 32.1. The zero-order chi connectivity index (χ0) is 23.7. The lowest BCUT2D eigenvalue weighted by Crippen LogP contribution is -2.32. The summed E-state index contributed by atoms with van der Waals surface area (Å²) >= 11 is 1.95. The molecule has 0 amide bonds. The first-order valence-electron chi connectivity index (χ1n) is 13.8. The van der Waals surface area contributed by atoms with E-state index in [1.807, 2.05) is 11.3 Å². The van der Waals surface area contributed by atoms with Gasteiger partial charge in [-0.1, -0.05) is 27.7 Å². The summed E-state index contributed by atoms with van der Waals surface area (Å²) in [7, 11) is 0. The lowest BCUT2D eigenvalue weighted by Gasteiger charge is -2.25. The maximum absolute atomic E-state index is 5.28. The van der Waals surface area contributed by atoms with E-state index in [-0.39, 0.29) is 0 Å². The van der Waals surface area contributed by atoms with Crippen LogP contribution in [0.1, 0.15) is 40.5 Å². The minimum absolute atomic E-state index is 0.549. The molecule has 4 nitrogen and oxygen atoms in total. The zero-order valence-electron chi connectivity index (χ0n) is 21.6. The van der Waals surface area contributed by atoms with Gasteiger partial charge in [-0.3, -0.25) is 0 Å². The summed E-state index contributed by atoms with van der Waals surface area (Å²) in [5.41, 5.74) is 6.26. The average Bonchev–Trinajstić information content (AvgIpc) is 3.39. The first-order valence-corrected chi connectivity index (χ1v) is 14.6. The monoisotopic (exact) mass is 485 g/mol. The van der Waals surface area contributed by atoms with E-state index in [0.29, 0.717) is 10.8 Å². The molecule has 0 N–H and O–H groups in total. The van der Waals surface area contributed by atoms with Crippen LogP contribution >= 0.6 is 11.3 Å². The summed E-state index contributed by atoms with van der Waals surface area (Å²) in [6.45, 7) is 17.0. The maximum Gasteiger partial charge on any atom is 0.229 e. The third-order valence-electron chi connectivity index (χ3n) is 10.9. The molecule has 0 bridgehead atoms. The molecule has 0 aromatic heterocycles. The van der Waals surface area contributed by atoms with Crippen molar-refractivity contribution in [3.05, 3.63) is 35.7 Å². The molecule has 7 aliphatic rings. The van der Waals surface area contributed by atoms with Gasteiger partial charge >= 0.3 is 0 Å². The van der Waals surface area contributed by atoms with Crippen LogP contribution in [0.15, 0.2) is 30.3 Å². The molecule has 3 aliphatic carbocycles. The highest BCUT2D eigenvalue weighted by Crippen LogP contribution is 2.63. The molecule has 5 fully saturated rings. The molecule has 5 heteroatoms. The Bertz CT molecular complexity index is 1380. The topological polar surface area (TPSA) is 22.4 Å². The van der Waals surface area contributed by atoms with Gasteiger partial charge in [0.25, 0.3) is 0 Å². The molecule has 4 atom stereocenters. The maximum atomic E-state index is 5.28. The lowest BCUT2D eigenvalue weighted by molar-refractivity contribution is 0.499. The van der Waals surface area contributed by atoms with Gasteiger partial charge in [-0.05, 0) is 58.8 Å². The predicted molar refractivity (Wildman–Crippen MR) is 146 cm³/mol. The Labute approximate surface area is 212 Å². The van der Waals surface area contributed by atoms with Crippen molar-refractivity contribution >= 4 is 32.9 Å². The molecule has 4 aliphatic heterocycles. The number of fused-ring (bicyclic) bond motifs is 4. The third kappa shape index (κ3) is 2.97. The van der Waals surface area contributed by atoms with Crippen molar-refractivity contribution in [2.24, 2.45) is 34.5 Å². The van der Waals surface area contributed by atoms with Crippen LogP contribution in [0.4, 0.5) is 11.4 Å². The molecular weight excluding hydrogens is 448 g/mol. The van der Waals surface area contributed by atoms with E-state index in [1.54, 1.807) is 0 Å². The van der Waals surface area contributed by atoms with E-state index >= 15 is 0 Å². The van der Waals surface area contributed by atoms with Gasteiger partial charge in [0.1, 0.15) is 13.1 Å². The van der Waals surface area contributed by atoms with Crippen molar-refractivity contribution in [3.63, 3.8) is 0 Å². The molecular formula is C30H37N4S+. The molecule has 0 spiro atoms. The summed E-state index contributed by atoms with van der Waals surface area (Å²) in [5.74, 6) is 3.48. The molecule has 35 heavy (non-hydrogen) atoms. The summed E-state index contributed by atoms with van der Waals surface area (Å²) in [4.78, 5) is 11.9. The Morgan fingerprint density at radius 3 is 2.03 bits per heavy atom. The molecule has 1 aromatic rings. The minimum Gasteiger partial charge on any atom is -0.371 e. The fourth-order valence-electron chi connectivity index (χ4n) is 7.95. The fourth-order valence-corrected chi connectivity index (χ4v) is 9.01. The molecule has 0 radical (unpaired) electrons. The number of rotatable bonds is 2. The van der Waals surface area contributed by atoms with E-state index in [1.165, 1.54) is 71.0 Å². The molecule has 2 saturated carbocycles. The minimum atomic E-state index is 0.549. The van der Waals surface area contributed by atoms with Crippen molar-refractivity contribution in [2.75, 3.05) is 49.1 Å². The van der Waals surface area contributed by atoms with Gasteiger partial charge in [-0.15, -0.1) is 11.3 Å². The fraction of sp³-hybridized carbons (Fsp3) is 0.600. The van der Waals surface area contributed by atoms with E-state index in [2.05, 4.69) is 72.4 Å². The average molecular weight is 486 g/mol. The largest absolute Gasteiger partial charge is 0.371 e. The molecule has 4 heterocycles. The summed E-state index contributed by atoms with van der Waals surface area (Å²) in [6.07, 6.45) is 2.59. The standard InChI is InChI=1S/C30H37N4S/c1-29(2)20-14-33(15-21(20)29)18-7-8-24-26(12-18)35-27-13-19(34-16-22-23(17-34)30(22,3)4)11-25(28(27)31-24)32-9-5-6-10-32/h7-8,11-13,20-23H,5-6,9-10,14-17H2,1-4H3/q+1. The number of anilines is 2.